The molecule has 0 spiro atoms. The van der Waals surface area contributed by atoms with Crippen LogP contribution in [0.4, 0.5) is 18.9 Å². The van der Waals surface area contributed by atoms with Crippen molar-refractivity contribution in [2.75, 3.05) is 5.32 Å². The molecular formula is C17H20F3N5O. The normalized spacial score (nSPS) is 14.8. The molecular weight excluding hydrogens is 347 g/mol. The number of halogens is 3. The van der Waals surface area contributed by atoms with E-state index < -0.39 is 6.36 Å². The van der Waals surface area contributed by atoms with E-state index in [1.54, 1.807) is 0 Å². The highest BCUT2D eigenvalue weighted by atomic mass is 19.4. The van der Waals surface area contributed by atoms with Gasteiger partial charge in [-0.3, -0.25) is 4.68 Å². The first kappa shape index (κ1) is 18.1. The lowest BCUT2D eigenvalue weighted by molar-refractivity contribution is -0.274. The van der Waals surface area contributed by atoms with Gasteiger partial charge in [-0.05, 0) is 55.5 Å². The molecule has 1 aromatic heterocycles. The van der Waals surface area contributed by atoms with Crippen LogP contribution in [0, 0.1) is 0 Å². The van der Waals surface area contributed by atoms with E-state index in [2.05, 4.69) is 20.1 Å². The van der Waals surface area contributed by atoms with Crippen LogP contribution < -0.4 is 15.8 Å². The number of aliphatic imine (C=N–C) groups is 1. The van der Waals surface area contributed by atoms with E-state index >= 15 is 0 Å². The molecule has 0 radical (unpaired) electrons. The van der Waals surface area contributed by atoms with E-state index in [1.165, 1.54) is 29.8 Å². The van der Waals surface area contributed by atoms with Gasteiger partial charge in [-0.15, -0.1) is 13.2 Å². The number of guanidine groups is 1. The summed E-state index contributed by atoms with van der Waals surface area (Å²) in [6.07, 6.45) is -0.410. The Hall–Kier alpha value is -2.71. The minimum atomic E-state index is -4.71. The van der Waals surface area contributed by atoms with Crippen LogP contribution in [0.2, 0.25) is 0 Å². The SMILES string of the molecule is Cn1nc2c(c1CN=C(N)Nc1ccc(OC(F)(F)F)cc1)CCCC2. The quantitative estimate of drug-likeness (QED) is 0.643. The van der Waals surface area contributed by atoms with Crippen LogP contribution in [-0.4, -0.2) is 22.1 Å². The lowest BCUT2D eigenvalue weighted by Crippen LogP contribution is -2.23. The molecule has 3 rings (SSSR count). The molecule has 26 heavy (non-hydrogen) atoms. The molecule has 1 aliphatic rings. The van der Waals surface area contributed by atoms with Crippen LogP contribution in [0.25, 0.3) is 0 Å². The lowest BCUT2D eigenvalue weighted by atomic mass is 9.96. The van der Waals surface area contributed by atoms with Gasteiger partial charge in [0.25, 0.3) is 0 Å². The molecule has 9 heteroatoms. The largest absolute Gasteiger partial charge is 0.573 e. The molecule has 1 heterocycles. The summed E-state index contributed by atoms with van der Waals surface area (Å²) in [6, 6.07) is 5.30. The number of nitrogens with zero attached hydrogens (tertiary/aromatic N) is 3. The second kappa shape index (κ2) is 7.27. The Bertz CT molecular complexity index is 796. The summed E-state index contributed by atoms with van der Waals surface area (Å²) < 4.78 is 42.1. The summed E-state index contributed by atoms with van der Waals surface area (Å²) >= 11 is 0. The Labute approximate surface area is 148 Å². The maximum Gasteiger partial charge on any atom is 0.573 e. The fourth-order valence-corrected chi connectivity index (χ4v) is 3.03. The first-order valence-electron chi connectivity index (χ1n) is 8.28. The number of fused-ring (bicyclic) bond motifs is 1. The summed E-state index contributed by atoms with van der Waals surface area (Å²) in [5.74, 6) is -0.111. The monoisotopic (exact) mass is 367 g/mol. The molecule has 2 aromatic rings. The minimum absolute atomic E-state index is 0.181. The summed E-state index contributed by atoms with van der Waals surface area (Å²) in [5, 5.41) is 7.39. The Balaban J connectivity index is 1.63. The van der Waals surface area contributed by atoms with Crippen LogP contribution in [-0.2, 0) is 26.4 Å². The predicted octanol–water partition coefficient (Wildman–Crippen LogP) is 3.12. The van der Waals surface area contributed by atoms with Crippen molar-refractivity contribution in [3.63, 3.8) is 0 Å². The number of hydrogen-bond donors (Lipinski definition) is 2. The van der Waals surface area contributed by atoms with Gasteiger partial charge in [-0.1, -0.05) is 0 Å². The number of aromatic nitrogens is 2. The molecule has 6 nitrogen and oxygen atoms in total. The van der Waals surface area contributed by atoms with Crippen molar-refractivity contribution in [2.45, 2.75) is 38.6 Å². The zero-order chi connectivity index (χ0) is 18.7. The van der Waals surface area contributed by atoms with Crippen molar-refractivity contribution in [2.24, 2.45) is 17.8 Å². The molecule has 0 bridgehead atoms. The highest BCUT2D eigenvalue weighted by Gasteiger charge is 2.30. The van der Waals surface area contributed by atoms with Gasteiger partial charge in [0, 0.05) is 12.7 Å². The number of aryl methyl sites for hydroxylation is 2. The third kappa shape index (κ3) is 4.47. The molecule has 0 aliphatic heterocycles. The van der Waals surface area contributed by atoms with Crippen LogP contribution >= 0.6 is 0 Å². The summed E-state index contributed by atoms with van der Waals surface area (Å²) in [7, 11) is 1.90. The number of rotatable bonds is 4. The first-order valence-corrected chi connectivity index (χ1v) is 8.28. The Kier molecular flexibility index (Phi) is 5.06. The standard InChI is InChI=1S/C17H20F3N5O/c1-25-15(13-4-2-3-5-14(13)24-25)10-22-16(21)23-11-6-8-12(9-7-11)26-17(18,19)20/h6-9H,2-5,10H2,1H3,(H3,21,22,23). The van der Waals surface area contributed by atoms with Gasteiger partial charge in [-0.25, -0.2) is 4.99 Å². The van der Waals surface area contributed by atoms with Crippen molar-refractivity contribution >= 4 is 11.6 Å². The summed E-state index contributed by atoms with van der Waals surface area (Å²) in [6.45, 7) is 0.396. The highest BCUT2D eigenvalue weighted by Crippen LogP contribution is 2.25. The van der Waals surface area contributed by atoms with Gasteiger partial charge in [-0.2, -0.15) is 5.10 Å². The third-order valence-corrected chi connectivity index (χ3v) is 4.21. The topological polar surface area (TPSA) is 77.5 Å². The number of alkyl halides is 3. The third-order valence-electron chi connectivity index (χ3n) is 4.21. The number of anilines is 1. The fourth-order valence-electron chi connectivity index (χ4n) is 3.03. The summed E-state index contributed by atoms with van der Waals surface area (Å²) in [5.41, 5.74) is 9.84. The second-order valence-corrected chi connectivity index (χ2v) is 6.10. The maximum atomic E-state index is 12.2. The second-order valence-electron chi connectivity index (χ2n) is 6.10. The number of benzene rings is 1. The van der Waals surface area contributed by atoms with E-state index in [0.717, 1.165) is 37.1 Å². The zero-order valence-electron chi connectivity index (χ0n) is 14.3. The molecule has 0 fully saturated rings. The lowest BCUT2D eigenvalue weighted by Gasteiger charge is -2.11. The molecule has 0 unspecified atom stereocenters. The smallest absolute Gasteiger partial charge is 0.406 e. The molecule has 0 saturated carbocycles. The van der Waals surface area contributed by atoms with Gasteiger partial charge in [0.15, 0.2) is 5.96 Å². The number of hydrogen-bond acceptors (Lipinski definition) is 3. The molecule has 1 aromatic carbocycles. The minimum Gasteiger partial charge on any atom is -0.406 e. The zero-order valence-corrected chi connectivity index (χ0v) is 14.3. The van der Waals surface area contributed by atoms with Gasteiger partial charge >= 0.3 is 6.36 Å². The van der Waals surface area contributed by atoms with Crippen molar-refractivity contribution < 1.29 is 17.9 Å². The van der Waals surface area contributed by atoms with Gasteiger partial charge in [0.2, 0.25) is 0 Å². The first-order chi connectivity index (χ1) is 12.3. The number of nitrogens with one attached hydrogen (secondary N) is 1. The molecule has 0 amide bonds. The molecule has 1 aliphatic carbocycles. The maximum absolute atomic E-state index is 12.2. The van der Waals surface area contributed by atoms with E-state index in [4.69, 9.17) is 5.73 Å². The average molecular weight is 367 g/mol. The van der Waals surface area contributed by atoms with E-state index in [0.29, 0.717) is 12.2 Å². The van der Waals surface area contributed by atoms with Gasteiger partial charge in [0.05, 0.1) is 17.9 Å². The van der Waals surface area contributed by atoms with Crippen LogP contribution in [0.15, 0.2) is 29.3 Å². The van der Waals surface area contributed by atoms with E-state index in [1.807, 2.05) is 11.7 Å². The fraction of sp³-hybridized carbons (Fsp3) is 0.412. The van der Waals surface area contributed by atoms with Crippen molar-refractivity contribution in [3.8, 4) is 5.75 Å². The molecule has 0 saturated heterocycles. The van der Waals surface area contributed by atoms with Gasteiger partial charge in [0.1, 0.15) is 5.75 Å². The van der Waals surface area contributed by atoms with E-state index in [-0.39, 0.29) is 11.7 Å². The molecule has 140 valence electrons. The predicted molar refractivity (Wildman–Crippen MR) is 91.9 cm³/mol. The van der Waals surface area contributed by atoms with Crippen molar-refractivity contribution in [1.82, 2.24) is 9.78 Å². The van der Waals surface area contributed by atoms with Gasteiger partial charge < -0.3 is 15.8 Å². The Morgan fingerprint density at radius 1 is 1.27 bits per heavy atom. The molecule has 0 atom stereocenters. The van der Waals surface area contributed by atoms with Crippen LogP contribution in [0.1, 0.15) is 29.8 Å². The van der Waals surface area contributed by atoms with E-state index in [9.17, 15) is 13.2 Å². The summed E-state index contributed by atoms with van der Waals surface area (Å²) in [4.78, 5) is 4.32. The Morgan fingerprint density at radius 2 is 1.96 bits per heavy atom. The van der Waals surface area contributed by atoms with Crippen molar-refractivity contribution in [3.05, 3.63) is 41.2 Å². The number of ether oxygens (including phenoxy) is 1. The molecule has 3 N–H and O–H groups in total. The number of nitrogens with two attached hydrogens (primary N) is 1. The van der Waals surface area contributed by atoms with Crippen LogP contribution in [0.5, 0.6) is 5.75 Å². The van der Waals surface area contributed by atoms with Crippen molar-refractivity contribution in [1.29, 1.82) is 0 Å². The highest BCUT2D eigenvalue weighted by molar-refractivity contribution is 5.92. The Morgan fingerprint density at radius 3 is 2.65 bits per heavy atom. The van der Waals surface area contributed by atoms with Crippen LogP contribution in [0.3, 0.4) is 0 Å². The average Bonchev–Trinajstić information content (AvgIpc) is 2.89.